The van der Waals surface area contributed by atoms with E-state index in [2.05, 4.69) is 13.2 Å². The van der Waals surface area contributed by atoms with Gasteiger partial charge in [0.2, 0.25) is 0 Å². The molecule has 0 aliphatic carbocycles. The number of phosphoric acid groups is 1. The van der Waals surface area contributed by atoms with E-state index in [4.69, 9.17) is 18.5 Å². The van der Waals surface area contributed by atoms with Crippen molar-refractivity contribution in [3.05, 3.63) is 84.0 Å². The lowest BCUT2D eigenvalue weighted by Gasteiger charge is -2.21. The molecule has 2 aromatic carbocycles. The molecule has 33 heavy (non-hydrogen) atoms. The van der Waals surface area contributed by atoms with Crippen LogP contribution in [0.15, 0.2) is 72.8 Å². The number of hydrogen-bond donors (Lipinski definition) is 1. The van der Waals surface area contributed by atoms with Crippen molar-refractivity contribution < 1.29 is 37.6 Å². The highest BCUT2D eigenvalue weighted by Gasteiger charge is 2.30. The third-order valence-electron chi connectivity index (χ3n) is 4.41. The van der Waals surface area contributed by atoms with Crippen LogP contribution < -0.4 is 9.05 Å². The summed E-state index contributed by atoms with van der Waals surface area (Å²) in [6.07, 6.45) is -1.56. The van der Waals surface area contributed by atoms with Crippen LogP contribution in [0.1, 0.15) is 51.0 Å². The smallest absolute Gasteiger partial charge is 0.454 e. The number of para-hydroxylation sites is 2. The van der Waals surface area contributed by atoms with E-state index in [-0.39, 0.29) is 22.6 Å². The second kappa shape index (κ2) is 11.0. The molecule has 0 heterocycles. The number of phosphoric ester groups is 1. The van der Waals surface area contributed by atoms with Crippen LogP contribution in [0.2, 0.25) is 0 Å². The Morgan fingerprint density at radius 3 is 1.45 bits per heavy atom. The maximum atomic E-state index is 12.8. The zero-order chi connectivity index (χ0) is 24.8. The van der Waals surface area contributed by atoms with Crippen LogP contribution in [0.4, 0.5) is 0 Å². The van der Waals surface area contributed by atoms with E-state index in [9.17, 15) is 19.0 Å². The number of rotatable bonds is 10. The Labute approximate surface area is 193 Å². The van der Waals surface area contributed by atoms with Gasteiger partial charge in [0.15, 0.2) is 0 Å². The Kier molecular flexibility index (Phi) is 8.63. The molecule has 0 bridgehead atoms. The molecule has 1 N–H and O–H groups in total. The highest BCUT2D eigenvalue weighted by molar-refractivity contribution is 7.48. The monoisotopic (exact) mass is 474 g/mol. The summed E-state index contributed by atoms with van der Waals surface area (Å²) < 4.78 is 34.0. The van der Waals surface area contributed by atoms with Crippen LogP contribution in [0, 0.1) is 0 Å². The highest BCUT2D eigenvalue weighted by atomic mass is 31.2. The Bertz CT molecular complexity index is 1020. The van der Waals surface area contributed by atoms with Crippen molar-refractivity contribution in [2.75, 3.05) is 0 Å². The standard InChI is InChI=1S/C24H27O8P/c1-15(2)23(25)29-17(5)19-11-7-9-13-21(19)31-33(27,28)32-22-14-10-8-12-20(22)18(6)30-24(26)16(3)4/h7-14,17-18H,1,3H2,2,4-6H3,(H,27,28). The molecule has 2 atom stereocenters. The number of esters is 2. The van der Waals surface area contributed by atoms with Gasteiger partial charge in [-0.2, -0.15) is 0 Å². The van der Waals surface area contributed by atoms with Gasteiger partial charge in [-0.25, -0.2) is 14.2 Å². The number of hydrogen-bond acceptors (Lipinski definition) is 7. The van der Waals surface area contributed by atoms with Gasteiger partial charge >= 0.3 is 19.8 Å². The third kappa shape index (κ3) is 7.34. The molecular formula is C24H27O8P. The number of carbonyl (C=O) groups excluding carboxylic acids is 2. The summed E-state index contributed by atoms with van der Waals surface area (Å²) in [5.41, 5.74) is 1.16. The van der Waals surface area contributed by atoms with Crippen molar-refractivity contribution in [2.24, 2.45) is 0 Å². The predicted molar refractivity (Wildman–Crippen MR) is 123 cm³/mol. The van der Waals surface area contributed by atoms with E-state index < -0.39 is 32.0 Å². The zero-order valence-electron chi connectivity index (χ0n) is 18.9. The first-order valence-electron chi connectivity index (χ1n) is 10.0. The summed E-state index contributed by atoms with van der Waals surface area (Å²) in [4.78, 5) is 34.1. The Morgan fingerprint density at radius 2 is 1.12 bits per heavy atom. The summed E-state index contributed by atoms with van der Waals surface area (Å²) in [5, 5.41) is 0. The van der Waals surface area contributed by atoms with E-state index in [1.165, 1.54) is 26.0 Å². The molecule has 0 saturated carbocycles. The van der Waals surface area contributed by atoms with Crippen molar-refractivity contribution in [2.45, 2.75) is 39.9 Å². The summed E-state index contributed by atoms with van der Waals surface area (Å²) in [7, 11) is -4.69. The lowest BCUT2D eigenvalue weighted by Crippen LogP contribution is -2.12. The van der Waals surface area contributed by atoms with Crippen LogP contribution >= 0.6 is 7.82 Å². The van der Waals surface area contributed by atoms with Gasteiger partial charge in [-0.3, -0.25) is 4.89 Å². The highest BCUT2D eigenvalue weighted by Crippen LogP contribution is 2.48. The van der Waals surface area contributed by atoms with E-state index in [1.807, 2.05) is 0 Å². The minimum atomic E-state index is -4.69. The SMILES string of the molecule is C=C(C)C(=O)OC(C)c1ccccc1OP(=O)(O)Oc1ccccc1C(C)OC(=O)C(=C)C. The lowest BCUT2D eigenvalue weighted by atomic mass is 10.1. The van der Waals surface area contributed by atoms with Crippen LogP contribution in [0.25, 0.3) is 0 Å². The molecule has 0 aliphatic heterocycles. The number of ether oxygens (including phenoxy) is 2. The van der Waals surface area contributed by atoms with Gasteiger partial charge in [0.1, 0.15) is 23.7 Å². The summed E-state index contributed by atoms with van der Waals surface area (Å²) >= 11 is 0. The number of benzene rings is 2. The maximum Gasteiger partial charge on any atom is 0.584 e. The van der Waals surface area contributed by atoms with Gasteiger partial charge in [0.25, 0.3) is 0 Å². The van der Waals surface area contributed by atoms with E-state index in [0.29, 0.717) is 11.1 Å². The molecule has 0 spiro atoms. The number of carbonyl (C=O) groups is 2. The van der Waals surface area contributed by atoms with Gasteiger partial charge in [-0.1, -0.05) is 49.6 Å². The average Bonchev–Trinajstić information content (AvgIpc) is 2.73. The van der Waals surface area contributed by atoms with Crippen LogP contribution in [0.5, 0.6) is 11.5 Å². The molecule has 0 saturated heterocycles. The normalized spacial score (nSPS) is 14.2. The second-order valence-electron chi connectivity index (χ2n) is 7.38. The van der Waals surface area contributed by atoms with E-state index in [1.54, 1.807) is 50.2 Å². The third-order valence-corrected chi connectivity index (χ3v) is 5.26. The zero-order valence-corrected chi connectivity index (χ0v) is 19.8. The lowest BCUT2D eigenvalue weighted by molar-refractivity contribution is -0.144. The van der Waals surface area contributed by atoms with Gasteiger partial charge < -0.3 is 18.5 Å². The summed E-state index contributed by atoms with van der Waals surface area (Å²) in [5.74, 6) is -1.20. The molecule has 2 aromatic rings. The van der Waals surface area contributed by atoms with Crippen LogP contribution in [-0.4, -0.2) is 16.8 Å². The topological polar surface area (TPSA) is 108 Å². The average molecular weight is 474 g/mol. The van der Waals surface area contributed by atoms with Crippen molar-refractivity contribution in [3.63, 3.8) is 0 Å². The molecular weight excluding hydrogens is 447 g/mol. The Hall–Kier alpha value is -3.35. The van der Waals surface area contributed by atoms with E-state index in [0.717, 1.165) is 0 Å². The van der Waals surface area contributed by atoms with E-state index >= 15 is 0 Å². The van der Waals surface area contributed by atoms with Crippen molar-refractivity contribution in [3.8, 4) is 11.5 Å². The van der Waals surface area contributed by atoms with Crippen molar-refractivity contribution in [1.82, 2.24) is 0 Å². The molecule has 0 fully saturated rings. The first-order chi connectivity index (χ1) is 15.4. The van der Waals surface area contributed by atoms with Gasteiger partial charge in [-0.05, 0) is 39.8 Å². The maximum absolute atomic E-state index is 12.8. The first-order valence-corrected chi connectivity index (χ1v) is 11.5. The summed E-state index contributed by atoms with van der Waals surface area (Å²) in [6.45, 7) is 13.3. The van der Waals surface area contributed by atoms with Crippen LogP contribution in [0.3, 0.4) is 0 Å². The van der Waals surface area contributed by atoms with Crippen molar-refractivity contribution >= 4 is 19.8 Å². The minimum absolute atomic E-state index is 0.00425. The molecule has 0 aromatic heterocycles. The molecule has 9 heteroatoms. The molecule has 176 valence electrons. The fourth-order valence-corrected chi connectivity index (χ4v) is 3.58. The van der Waals surface area contributed by atoms with Crippen molar-refractivity contribution in [1.29, 1.82) is 0 Å². The summed E-state index contributed by atoms with van der Waals surface area (Å²) in [6, 6.07) is 12.6. The Morgan fingerprint density at radius 1 is 0.788 bits per heavy atom. The Balaban J connectivity index is 2.25. The van der Waals surface area contributed by atoms with Gasteiger partial charge in [0.05, 0.1) is 0 Å². The molecule has 0 amide bonds. The largest absolute Gasteiger partial charge is 0.584 e. The minimum Gasteiger partial charge on any atom is -0.454 e. The van der Waals surface area contributed by atoms with Crippen LogP contribution in [-0.2, 0) is 23.6 Å². The van der Waals surface area contributed by atoms with Gasteiger partial charge in [-0.15, -0.1) is 0 Å². The predicted octanol–water partition coefficient (Wildman–Crippen LogP) is 5.61. The van der Waals surface area contributed by atoms with Gasteiger partial charge in [0, 0.05) is 22.3 Å². The molecule has 0 radical (unpaired) electrons. The molecule has 8 nitrogen and oxygen atoms in total. The second-order valence-corrected chi connectivity index (χ2v) is 8.68. The molecule has 2 rings (SSSR count). The quantitative estimate of drug-likeness (QED) is 0.269. The fourth-order valence-electron chi connectivity index (χ4n) is 2.72. The molecule has 0 aliphatic rings. The first kappa shape index (κ1) is 25.9. The molecule has 2 unspecified atom stereocenters. The fraction of sp³-hybridized carbons (Fsp3) is 0.250.